The van der Waals surface area contributed by atoms with Crippen LogP contribution in [0.3, 0.4) is 0 Å². The molecule has 0 fully saturated rings. The number of rotatable bonds is 7. The lowest BCUT2D eigenvalue weighted by Gasteiger charge is -2.12. The molecule has 1 unspecified atom stereocenters. The van der Waals surface area contributed by atoms with E-state index in [4.69, 9.17) is 4.74 Å². The van der Waals surface area contributed by atoms with Gasteiger partial charge in [-0.3, -0.25) is 0 Å². The third kappa shape index (κ3) is 5.61. The summed E-state index contributed by atoms with van der Waals surface area (Å²) in [6.45, 7) is 0.185. The van der Waals surface area contributed by atoms with Gasteiger partial charge in [-0.25, -0.2) is 4.79 Å². The summed E-state index contributed by atoms with van der Waals surface area (Å²) in [7, 11) is 0. The van der Waals surface area contributed by atoms with Crippen molar-refractivity contribution in [2.45, 2.75) is 17.5 Å². The first-order valence-corrected chi connectivity index (χ1v) is 7.87. The third-order valence-electron chi connectivity index (χ3n) is 2.85. The molecular weight excluding hydrogens is 298 g/mol. The van der Waals surface area contributed by atoms with Crippen LogP contribution in [0.4, 0.5) is 4.79 Å². The van der Waals surface area contributed by atoms with E-state index in [1.807, 2.05) is 60.7 Å². The highest BCUT2D eigenvalue weighted by molar-refractivity contribution is 7.99. The van der Waals surface area contributed by atoms with Crippen LogP contribution >= 0.6 is 11.8 Å². The summed E-state index contributed by atoms with van der Waals surface area (Å²) in [6.07, 6.45) is 0.134. The van der Waals surface area contributed by atoms with Crippen LogP contribution in [0, 0.1) is 0 Å². The number of nitrogens with one attached hydrogen (secondary N) is 1. The molecule has 2 aromatic carbocycles. The van der Waals surface area contributed by atoms with Gasteiger partial charge in [-0.15, -0.1) is 11.8 Å². The van der Waals surface area contributed by atoms with Crippen LogP contribution < -0.4 is 5.32 Å². The number of carbonyl (C=O) groups excluding carboxylic acids is 2. The summed E-state index contributed by atoms with van der Waals surface area (Å²) in [5.41, 5.74) is 0.902. The second kappa shape index (κ2) is 8.89. The summed E-state index contributed by atoms with van der Waals surface area (Å²) in [4.78, 5) is 23.8. The van der Waals surface area contributed by atoms with Crippen LogP contribution in [0.25, 0.3) is 0 Å². The summed E-state index contributed by atoms with van der Waals surface area (Å²) in [5, 5.41) is 2.56. The smallest absolute Gasteiger partial charge is 0.408 e. The van der Waals surface area contributed by atoms with Crippen molar-refractivity contribution >= 4 is 24.1 Å². The fourth-order valence-electron chi connectivity index (χ4n) is 1.73. The minimum absolute atomic E-state index is 0.185. The summed E-state index contributed by atoms with van der Waals surface area (Å²) in [5.74, 6) is 0.466. The average molecular weight is 315 g/mol. The topological polar surface area (TPSA) is 55.4 Å². The molecule has 1 amide bonds. The van der Waals surface area contributed by atoms with E-state index in [1.165, 1.54) is 11.8 Å². The Kier molecular flexibility index (Phi) is 6.51. The second-order valence-electron chi connectivity index (χ2n) is 4.57. The number of amides is 1. The molecule has 2 rings (SSSR count). The maximum absolute atomic E-state index is 11.7. The highest BCUT2D eigenvalue weighted by Crippen LogP contribution is 2.17. The number of ether oxygens (including phenoxy) is 1. The Hall–Kier alpha value is -2.27. The highest BCUT2D eigenvalue weighted by Gasteiger charge is 2.12. The molecule has 0 saturated heterocycles. The van der Waals surface area contributed by atoms with E-state index >= 15 is 0 Å². The van der Waals surface area contributed by atoms with Crippen molar-refractivity contribution < 1.29 is 14.3 Å². The quantitative estimate of drug-likeness (QED) is 0.629. The van der Waals surface area contributed by atoms with E-state index < -0.39 is 12.1 Å². The number of carbonyl (C=O) groups is 2. The van der Waals surface area contributed by atoms with Crippen molar-refractivity contribution in [3.05, 3.63) is 66.2 Å². The molecule has 22 heavy (non-hydrogen) atoms. The standard InChI is InChI=1S/C17H17NO3S/c19-11-15(13-22-16-9-5-2-6-10-16)18-17(20)21-12-14-7-3-1-4-8-14/h1-11,15H,12-13H2,(H,18,20). The molecule has 0 aliphatic rings. The molecule has 1 N–H and O–H groups in total. The van der Waals surface area contributed by atoms with Crippen LogP contribution in [-0.2, 0) is 16.1 Å². The predicted octanol–water partition coefficient (Wildman–Crippen LogP) is 3.27. The van der Waals surface area contributed by atoms with Gasteiger partial charge in [-0.2, -0.15) is 0 Å². The molecule has 0 bridgehead atoms. The van der Waals surface area contributed by atoms with Gasteiger partial charge in [0, 0.05) is 10.6 Å². The van der Waals surface area contributed by atoms with Crippen LogP contribution in [0.5, 0.6) is 0 Å². The van der Waals surface area contributed by atoms with Crippen molar-refractivity contribution in [2.24, 2.45) is 0 Å². The van der Waals surface area contributed by atoms with Gasteiger partial charge in [0.15, 0.2) is 0 Å². The molecule has 4 nitrogen and oxygen atoms in total. The first kappa shape index (κ1) is 16.1. The van der Waals surface area contributed by atoms with E-state index in [-0.39, 0.29) is 6.61 Å². The van der Waals surface area contributed by atoms with Crippen molar-refractivity contribution in [3.63, 3.8) is 0 Å². The maximum Gasteiger partial charge on any atom is 0.408 e. The van der Waals surface area contributed by atoms with Gasteiger partial charge in [0.25, 0.3) is 0 Å². The molecule has 0 aromatic heterocycles. The van der Waals surface area contributed by atoms with Crippen LogP contribution in [0.2, 0.25) is 0 Å². The third-order valence-corrected chi connectivity index (χ3v) is 3.98. The summed E-state index contributed by atoms with van der Waals surface area (Å²) in [6, 6.07) is 18.5. The lowest BCUT2D eigenvalue weighted by atomic mass is 10.2. The average Bonchev–Trinajstić information content (AvgIpc) is 2.58. The van der Waals surface area contributed by atoms with E-state index in [1.54, 1.807) is 0 Å². The van der Waals surface area contributed by atoms with Crippen LogP contribution in [0.1, 0.15) is 5.56 Å². The summed E-state index contributed by atoms with van der Waals surface area (Å²) < 4.78 is 5.09. The maximum atomic E-state index is 11.7. The van der Waals surface area contributed by atoms with Crippen LogP contribution in [0.15, 0.2) is 65.6 Å². The Morgan fingerprint density at radius 3 is 2.36 bits per heavy atom. The molecule has 5 heteroatoms. The van der Waals surface area contributed by atoms with Gasteiger partial charge in [-0.05, 0) is 17.7 Å². The Morgan fingerprint density at radius 2 is 1.73 bits per heavy atom. The number of hydrogen-bond acceptors (Lipinski definition) is 4. The van der Waals surface area contributed by atoms with E-state index in [0.29, 0.717) is 5.75 Å². The Bertz CT molecular complexity index is 589. The molecule has 1 atom stereocenters. The lowest BCUT2D eigenvalue weighted by molar-refractivity contribution is -0.109. The molecule has 0 spiro atoms. The number of alkyl carbamates (subject to hydrolysis) is 1. The first-order valence-electron chi connectivity index (χ1n) is 6.88. The van der Waals surface area contributed by atoms with E-state index in [9.17, 15) is 9.59 Å². The van der Waals surface area contributed by atoms with Gasteiger partial charge in [-0.1, -0.05) is 48.5 Å². The zero-order chi connectivity index (χ0) is 15.6. The zero-order valence-electron chi connectivity index (χ0n) is 12.0. The van der Waals surface area contributed by atoms with Crippen LogP contribution in [-0.4, -0.2) is 24.2 Å². The second-order valence-corrected chi connectivity index (χ2v) is 5.67. The molecule has 114 valence electrons. The molecule has 2 aromatic rings. The Labute approximate surface area is 133 Å². The SMILES string of the molecule is O=CC(CSc1ccccc1)NC(=O)OCc1ccccc1. The van der Waals surface area contributed by atoms with Gasteiger partial charge >= 0.3 is 6.09 Å². The van der Waals surface area contributed by atoms with Crippen molar-refractivity contribution in [2.75, 3.05) is 5.75 Å². The molecule has 0 radical (unpaired) electrons. The van der Waals surface area contributed by atoms with Crippen molar-refractivity contribution in [1.29, 1.82) is 0 Å². The summed E-state index contributed by atoms with van der Waals surface area (Å²) >= 11 is 1.51. The van der Waals surface area contributed by atoms with Gasteiger partial charge in [0.2, 0.25) is 0 Å². The number of aldehydes is 1. The lowest BCUT2D eigenvalue weighted by Crippen LogP contribution is -2.38. The minimum Gasteiger partial charge on any atom is -0.445 e. The number of benzene rings is 2. The predicted molar refractivity (Wildman–Crippen MR) is 86.8 cm³/mol. The van der Waals surface area contributed by atoms with E-state index in [0.717, 1.165) is 16.7 Å². The van der Waals surface area contributed by atoms with E-state index in [2.05, 4.69) is 5.32 Å². The molecule has 0 aliphatic carbocycles. The number of thioether (sulfide) groups is 1. The minimum atomic E-state index is -0.588. The normalized spacial score (nSPS) is 11.5. The molecule has 0 aliphatic heterocycles. The fourth-order valence-corrected chi connectivity index (χ4v) is 2.62. The highest BCUT2D eigenvalue weighted by atomic mass is 32.2. The first-order chi connectivity index (χ1) is 10.8. The van der Waals surface area contributed by atoms with Gasteiger partial charge < -0.3 is 14.8 Å². The van der Waals surface area contributed by atoms with Gasteiger partial charge in [0.1, 0.15) is 12.9 Å². The number of hydrogen-bond donors (Lipinski definition) is 1. The Morgan fingerprint density at radius 1 is 1.09 bits per heavy atom. The molecule has 0 saturated carbocycles. The van der Waals surface area contributed by atoms with Crippen molar-refractivity contribution in [3.8, 4) is 0 Å². The molecule has 0 heterocycles. The molecular formula is C17H17NO3S. The Balaban J connectivity index is 1.74. The zero-order valence-corrected chi connectivity index (χ0v) is 12.8. The van der Waals surface area contributed by atoms with Gasteiger partial charge in [0.05, 0.1) is 6.04 Å². The largest absolute Gasteiger partial charge is 0.445 e. The fraction of sp³-hybridized carbons (Fsp3) is 0.176. The monoisotopic (exact) mass is 315 g/mol. The van der Waals surface area contributed by atoms with Crippen molar-refractivity contribution in [1.82, 2.24) is 5.32 Å².